The number of benzene rings is 2. The Morgan fingerprint density at radius 3 is 2.26 bits per heavy atom. The standard InChI is InChI=1S/C18H18F3NO4S/c1-22(12-13-3-5-14(6-4-13)18(19,20)21)27(23,24)15-7-8-16-17(11-15)26-10-2-9-25-16/h3-8,11H,2,9-10,12H2,1H3. The van der Waals surface area contributed by atoms with Crippen molar-refractivity contribution in [3.8, 4) is 11.5 Å². The summed E-state index contributed by atoms with van der Waals surface area (Å²) in [7, 11) is -2.47. The summed E-state index contributed by atoms with van der Waals surface area (Å²) in [6, 6.07) is 8.77. The van der Waals surface area contributed by atoms with E-state index in [-0.39, 0.29) is 11.4 Å². The Morgan fingerprint density at radius 2 is 1.63 bits per heavy atom. The molecule has 0 fully saturated rings. The summed E-state index contributed by atoms with van der Waals surface area (Å²) < 4.78 is 75.5. The molecule has 2 aromatic rings. The molecule has 0 N–H and O–H groups in total. The lowest BCUT2D eigenvalue weighted by atomic mass is 10.1. The summed E-state index contributed by atoms with van der Waals surface area (Å²) in [5, 5.41) is 0. The van der Waals surface area contributed by atoms with Crippen molar-refractivity contribution in [1.82, 2.24) is 4.31 Å². The van der Waals surface area contributed by atoms with Gasteiger partial charge >= 0.3 is 6.18 Å². The number of ether oxygens (including phenoxy) is 2. The zero-order valence-corrected chi connectivity index (χ0v) is 15.3. The lowest BCUT2D eigenvalue weighted by Crippen LogP contribution is -2.26. The number of fused-ring (bicyclic) bond motifs is 1. The van der Waals surface area contributed by atoms with Crippen LogP contribution in [-0.2, 0) is 22.7 Å². The molecule has 1 heterocycles. The van der Waals surface area contributed by atoms with Crippen molar-refractivity contribution in [3.05, 3.63) is 53.6 Å². The third-order valence-corrected chi connectivity index (χ3v) is 5.91. The summed E-state index contributed by atoms with van der Waals surface area (Å²) in [5.41, 5.74) is -0.330. The van der Waals surface area contributed by atoms with Crippen molar-refractivity contribution in [2.24, 2.45) is 0 Å². The third kappa shape index (κ3) is 4.36. The SMILES string of the molecule is CN(Cc1ccc(C(F)(F)F)cc1)S(=O)(=O)c1ccc2c(c1)OCCCO2. The van der Waals surface area contributed by atoms with Crippen LogP contribution in [0.5, 0.6) is 11.5 Å². The fourth-order valence-electron chi connectivity index (χ4n) is 2.63. The molecule has 0 atom stereocenters. The largest absolute Gasteiger partial charge is 0.490 e. The number of sulfonamides is 1. The molecule has 0 aromatic heterocycles. The van der Waals surface area contributed by atoms with E-state index in [1.807, 2.05) is 0 Å². The minimum absolute atomic E-state index is 0.0289. The number of hydrogen-bond acceptors (Lipinski definition) is 4. The Labute approximate surface area is 155 Å². The van der Waals surface area contributed by atoms with Crippen LogP contribution in [0.15, 0.2) is 47.4 Å². The topological polar surface area (TPSA) is 55.8 Å². The van der Waals surface area contributed by atoms with Crippen molar-refractivity contribution in [3.63, 3.8) is 0 Å². The van der Waals surface area contributed by atoms with Gasteiger partial charge in [0.05, 0.1) is 23.7 Å². The van der Waals surface area contributed by atoms with Crippen LogP contribution in [0.2, 0.25) is 0 Å². The minimum Gasteiger partial charge on any atom is -0.490 e. The molecule has 2 aromatic carbocycles. The van der Waals surface area contributed by atoms with Crippen LogP contribution in [0.4, 0.5) is 13.2 Å². The molecule has 9 heteroatoms. The van der Waals surface area contributed by atoms with Crippen molar-refractivity contribution in [1.29, 1.82) is 0 Å². The zero-order chi connectivity index (χ0) is 19.7. The van der Waals surface area contributed by atoms with Crippen molar-refractivity contribution < 1.29 is 31.1 Å². The lowest BCUT2D eigenvalue weighted by Gasteiger charge is -2.18. The Kier molecular flexibility index (Phi) is 5.34. The van der Waals surface area contributed by atoms with E-state index in [0.29, 0.717) is 36.7 Å². The second kappa shape index (κ2) is 7.40. The molecule has 0 spiro atoms. The Morgan fingerprint density at radius 1 is 1.00 bits per heavy atom. The van der Waals surface area contributed by atoms with Crippen molar-refractivity contribution in [2.45, 2.75) is 24.0 Å². The molecule has 0 radical (unpaired) electrons. The second-order valence-electron chi connectivity index (χ2n) is 6.11. The summed E-state index contributed by atoms with van der Waals surface area (Å²) in [4.78, 5) is 0.0289. The number of alkyl halides is 3. The molecule has 0 saturated heterocycles. The summed E-state index contributed by atoms with van der Waals surface area (Å²) in [6.45, 7) is 0.861. The van der Waals surface area contributed by atoms with E-state index in [9.17, 15) is 21.6 Å². The first-order chi connectivity index (χ1) is 12.7. The Hall–Kier alpha value is -2.26. The van der Waals surface area contributed by atoms with E-state index in [1.54, 1.807) is 6.07 Å². The molecule has 3 rings (SSSR count). The second-order valence-corrected chi connectivity index (χ2v) is 8.16. The van der Waals surface area contributed by atoms with Gasteiger partial charge in [0.25, 0.3) is 0 Å². The van der Waals surface area contributed by atoms with Gasteiger partial charge in [0.15, 0.2) is 11.5 Å². The Bertz CT molecular complexity index is 911. The number of halogens is 3. The van der Waals surface area contributed by atoms with Gasteiger partial charge in [0.1, 0.15) is 0 Å². The molecule has 146 valence electrons. The van der Waals surface area contributed by atoms with Crippen LogP contribution in [0, 0.1) is 0 Å². The van der Waals surface area contributed by atoms with E-state index in [0.717, 1.165) is 16.4 Å². The van der Waals surface area contributed by atoms with Gasteiger partial charge in [-0.25, -0.2) is 8.42 Å². The predicted octanol–water partition coefficient (Wildman–Crippen LogP) is 3.69. The molecule has 0 unspecified atom stereocenters. The fraction of sp³-hybridized carbons (Fsp3) is 0.333. The van der Waals surface area contributed by atoms with Gasteiger partial charge in [-0.3, -0.25) is 0 Å². The van der Waals surface area contributed by atoms with E-state index in [2.05, 4.69) is 0 Å². The number of nitrogens with zero attached hydrogens (tertiary/aromatic N) is 1. The van der Waals surface area contributed by atoms with Crippen LogP contribution in [0.1, 0.15) is 17.5 Å². The molecule has 0 aliphatic carbocycles. The van der Waals surface area contributed by atoms with Crippen LogP contribution >= 0.6 is 0 Å². The molecule has 1 aliphatic rings. The molecule has 5 nitrogen and oxygen atoms in total. The molecule has 0 bridgehead atoms. The van der Waals surface area contributed by atoms with E-state index in [4.69, 9.17) is 9.47 Å². The van der Waals surface area contributed by atoms with E-state index >= 15 is 0 Å². The van der Waals surface area contributed by atoms with E-state index < -0.39 is 21.8 Å². The van der Waals surface area contributed by atoms with Crippen LogP contribution in [0.3, 0.4) is 0 Å². The normalized spacial score (nSPS) is 14.9. The van der Waals surface area contributed by atoms with Crippen molar-refractivity contribution >= 4 is 10.0 Å². The van der Waals surface area contributed by atoms with Crippen LogP contribution in [0.25, 0.3) is 0 Å². The third-order valence-electron chi connectivity index (χ3n) is 4.11. The molecule has 0 saturated carbocycles. The van der Waals surface area contributed by atoms with Crippen molar-refractivity contribution in [2.75, 3.05) is 20.3 Å². The number of hydrogen-bond donors (Lipinski definition) is 0. The van der Waals surface area contributed by atoms with Gasteiger partial charge in [0.2, 0.25) is 10.0 Å². The smallest absolute Gasteiger partial charge is 0.416 e. The highest BCUT2D eigenvalue weighted by Crippen LogP contribution is 2.33. The average Bonchev–Trinajstić information content (AvgIpc) is 2.86. The van der Waals surface area contributed by atoms with E-state index in [1.165, 1.54) is 31.3 Å². The maximum absolute atomic E-state index is 12.8. The first-order valence-corrected chi connectivity index (χ1v) is 9.64. The molecule has 0 amide bonds. The van der Waals surface area contributed by atoms with Crippen LogP contribution in [-0.4, -0.2) is 33.0 Å². The molecule has 27 heavy (non-hydrogen) atoms. The highest BCUT2D eigenvalue weighted by molar-refractivity contribution is 7.89. The van der Waals surface area contributed by atoms with Gasteiger partial charge in [-0.1, -0.05) is 12.1 Å². The quantitative estimate of drug-likeness (QED) is 0.784. The highest BCUT2D eigenvalue weighted by Gasteiger charge is 2.30. The van der Waals surface area contributed by atoms with Gasteiger partial charge in [0, 0.05) is 26.1 Å². The molecular weight excluding hydrogens is 383 g/mol. The first-order valence-electron chi connectivity index (χ1n) is 8.20. The van der Waals surface area contributed by atoms with Gasteiger partial charge in [-0.05, 0) is 29.8 Å². The highest BCUT2D eigenvalue weighted by atomic mass is 32.2. The predicted molar refractivity (Wildman–Crippen MR) is 92.1 cm³/mol. The minimum atomic E-state index is -4.43. The number of rotatable bonds is 4. The maximum Gasteiger partial charge on any atom is 0.416 e. The fourth-order valence-corrected chi connectivity index (χ4v) is 3.80. The maximum atomic E-state index is 12.8. The zero-order valence-electron chi connectivity index (χ0n) is 14.5. The van der Waals surface area contributed by atoms with Crippen LogP contribution < -0.4 is 9.47 Å². The lowest BCUT2D eigenvalue weighted by molar-refractivity contribution is -0.137. The Balaban J connectivity index is 1.79. The monoisotopic (exact) mass is 401 g/mol. The first kappa shape index (κ1) is 19.5. The summed E-state index contributed by atoms with van der Waals surface area (Å²) in [5.74, 6) is 0.841. The van der Waals surface area contributed by atoms with Gasteiger partial charge in [-0.15, -0.1) is 0 Å². The average molecular weight is 401 g/mol. The van der Waals surface area contributed by atoms with Gasteiger partial charge < -0.3 is 9.47 Å². The van der Waals surface area contributed by atoms with Gasteiger partial charge in [-0.2, -0.15) is 17.5 Å². The molecular formula is C18H18F3NO4S. The molecule has 1 aliphatic heterocycles. The summed E-state index contributed by atoms with van der Waals surface area (Å²) >= 11 is 0. The summed E-state index contributed by atoms with van der Waals surface area (Å²) in [6.07, 6.45) is -3.73.